The molecular formula is C14H19N3O6. The van der Waals surface area contributed by atoms with Crippen LogP contribution in [-0.2, 0) is 9.53 Å². The number of nitrogens with one attached hydrogen (secondary N) is 1. The predicted molar refractivity (Wildman–Crippen MR) is 78.9 cm³/mol. The molecule has 2 rings (SSSR count). The maximum absolute atomic E-state index is 12.0. The first-order chi connectivity index (χ1) is 11.0. The number of likely N-dealkylation sites (tertiary alicyclic amines) is 1. The van der Waals surface area contributed by atoms with E-state index >= 15 is 0 Å². The van der Waals surface area contributed by atoms with E-state index in [0.717, 1.165) is 12.5 Å². The monoisotopic (exact) mass is 325 g/mol. The number of carbonyl (C=O) groups excluding carboxylic acids is 2. The van der Waals surface area contributed by atoms with Crippen molar-refractivity contribution in [1.29, 1.82) is 0 Å². The number of hydrogen-bond acceptors (Lipinski definition) is 6. The summed E-state index contributed by atoms with van der Waals surface area (Å²) in [6.45, 7) is 4.26. The van der Waals surface area contributed by atoms with Crippen LogP contribution in [0.15, 0.2) is 16.5 Å². The van der Waals surface area contributed by atoms with E-state index in [1.54, 1.807) is 0 Å². The quantitative estimate of drug-likeness (QED) is 0.429. The summed E-state index contributed by atoms with van der Waals surface area (Å²) in [5, 5.41) is 13.3. The molecule has 0 atom stereocenters. The Morgan fingerprint density at radius 1 is 1.48 bits per heavy atom. The highest BCUT2D eigenvalue weighted by atomic mass is 16.6. The molecule has 1 aliphatic rings. The van der Waals surface area contributed by atoms with Gasteiger partial charge in [-0.25, -0.2) is 0 Å². The van der Waals surface area contributed by atoms with Crippen molar-refractivity contribution in [2.45, 2.75) is 13.3 Å². The van der Waals surface area contributed by atoms with Gasteiger partial charge >= 0.3 is 5.88 Å². The number of carbonyl (C=O) groups is 2. The van der Waals surface area contributed by atoms with Crippen LogP contribution in [0.5, 0.6) is 0 Å². The molecule has 23 heavy (non-hydrogen) atoms. The second-order valence-electron chi connectivity index (χ2n) is 5.14. The van der Waals surface area contributed by atoms with Gasteiger partial charge in [0.2, 0.25) is 5.91 Å². The Balaban J connectivity index is 1.71. The van der Waals surface area contributed by atoms with Gasteiger partial charge in [0, 0.05) is 32.8 Å². The van der Waals surface area contributed by atoms with E-state index in [2.05, 4.69) is 5.32 Å². The highest BCUT2D eigenvalue weighted by Crippen LogP contribution is 2.22. The Morgan fingerprint density at radius 3 is 2.83 bits per heavy atom. The molecule has 9 nitrogen and oxygen atoms in total. The highest BCUT2D eigenvalue weighted by Gasteiger charge is 2.37. The van der Waals surface area contributed by atoms with Crippen LogP contribution in [-0.4, -0.2) is 54.5 Å². The van der Waals surface area contributed by atoms with Gasteiger partial charge in [-0.1, -0.05) is 0 Å². The molecule has 1 saturated heterocycles. The van der Waals surface area contributed by atoms with Crippen molar-refractivity contribution in [2.24, 2.45) is 5.92 Å². The lowest BCUT2D eigenvalue weighted by atomic mass is 9.99. The fourth-order valence-electron chi connectivity index (χ4n) is 2.18. The van der Waals surface area contributed by atoms with E-state index in [1.807, 2.05) is 6.92 Å². The molecule has 0 aromatic carbocycles. The summed E-state index contributed by atoms with van der Waals surface area (Å²) in [5.74, 6) is -1.37. The van der Waals surface area contributed by atoms with Gasteiger partial charge in [-0.2, -0.15) is 0 Å². The zero-order chi connectivity index (χ0) is 16.8. The van der Waals surface area contributed by atoms with Crippen LogP contribution in [0.3, 0.4) is 0 Å². The molecule has 0 unspecified atom stereocenters. The van der Waals surface area contributed by atoms with Crippen molar-refractivity contribution in [3.8, 4) is 0 Å². The Kier molecular flexibility index (Phi) is 5.69. The third-order valence-corrected chi connectivity index (χ3v) is 3.49. The lowest BCUT2D eigenvalue weighted by Gasteiger charge is -2.37. The predicted octanol–water partition coefficient (Wildman–Crippen LogP) is 0.803. The summed E-state index contributed by atoms with van der Waals surface area (Å²) >= 11 is 0. The third-order valence-electron chi connectivity index (χ3n) is 3.49. The lowest BCUT2D eigenvalue weighted by molar-refractivity contribution is -0.402. The van der Waals surface area contributed by atoms with E-state index < -0.39 is 16.7 Å². The molecule has 1 fully saturated rings. The van der Waals surface area contributed by atoms with Crippen LogP contribution in [0, 0.1) is 16.0 Å². The number of ether oxygens (including phenoxy) is 1. The number of nitrogens with zero attached hydrogens (tertiary/aromatic N) is 2. The summed E-state index contributed by atoms with van der Waals surface area (Å²) in [4.78, 5) is 35.1. The molecule has 0 saturated carbocycles. The van der Waals surface area contributed by atoms with E-state index in [0.29, 0.717) is 19.8 Å². The highest BCUT2D eigenvalue weighted by molar-refractivity contribution is 5.94. The zero-order valence-electron chi connectivity index (χ0n) is 12.8. The van der Waals surface area contributed by atoms with Crippen molar-refractivity contribution in [2.75, 3.05) is 32.8 Å². The number of amides is 2. The van der Waals surface area contributed by atoms with E-state index in [1.165, 1.54) is 11.0 Å². The molecule has 0 aliphatic carbocycles. The Labute approximate surface area is 132 Å². The standard InChI is InChI=1S/C14H19N3O6/c1-2-22-7-3-6-15-13(18)10-8-16(9-10)14(19)11-4-5-12(23-11)17(20)21/h4-5,10H,2-3,6-9H2,1H3,(H,15,18). The average Bonchev–Trinajstić information content (AvgIpc) is 2.95. The number of nitro groups is 1. The average molecular weight is 325 g/mol. The van der Waals surface area contributed by atoms with Gasteiger partial charge in [0.15, 0.2) is 5.76 Å². The van der Waals surface area contributed by atoms with Crippen molar-refractivity contribution in [3.63, 3.8) is 0 Å². The molecule has 1 N–H and O–H groups in total. The van der Waals surface area contributed by atoms with Gasteiger partial charge in [0.1, 0.15) is 4.92 Å². The normalized spacial score (nSPS) is 14.4. The number of rotatable bonds is 8. The third kappa shape index (κ3) is 4.28. The maximum Gasteiger partial charge on any atom is 0.433 e. The minimum Gasteiger partial charge on any atom is -0.395 e. The molecule has 9 heteroatoms. The first-order valence-electron chi connectivity index (χ1n) is 7.42. The maximum atomic E-state index is 12.0. The summed E-state index contributed by atoms with van der Waals surface area (Å²) in [5.41, 5.74) is 0. The van der Waals surface area contributed by atoms with Gasteiger partial charge in [0.25, 0.3) is 5.91 Å². The fourth-order valence-corrected chi connectivity index (χ4v) is 2.18. The minimum atomic E-state index is -0.703. The smallest absolute Gasteiger partial charge is 0.395 e. The van der Waals surface area contributed by atoms with Gasteiger partial charge in [-0.05, 0) is 19.4 Å². The number of furan rings is 1. The second-order valence-corrected chi connectivity index (χ2v) is 5.14. The summed E-state index contributed by atoms with van der Waals surface area (Å²) in [6, 6.07) is 2.40. The van der Waals surface area contributed by atoms with Crippen LogP contribution in [0.2, 0.25) is 0 Å². The molecule has 1 aromatic rings. The molecule has 1 aromatic heterocycles. The Morgan fingerprint density at radius 2 is 2.22 bits per heavy atom. The zero-order valence-corrected chi connectivity index (χ0v) is 12.8. The molecule has 0 radical (unpaired) electrons. The fraction of sp³-hybridized carbons (Fsp3) is 0.571. The molecule has 126 valence electrons. The van der Waals surface area contributed by atoms with Crippen LogP contribution in [0.25, 0.3) is 0 Å². The number of hydrogen-bond donors (Lipinski definition) is 1. The summed E-state index contributed by atoms with van der Waals surface area (Å²) in [6.07, 6.45) is 0.741. The van der Waals surface area contributed by atoms with Crippen molar-refractivity contribution in [1.82, 2.24) is 10.2 Å². The van der Waals surface area contributed by atoms with Crippen LogP contribution >= 0.6 is 0 Å². The molecular weight excluding hydrogens is 306 g/mol. The summed E-state index contributed by atoms with van der Waals surface area (Å²) < 4.78 is 10.0. The first-order valence-corrected chi connectivity index (χ1v) is 7.42. The van der Waals surface area contributed by atoms with Crippen molar-refractivity contribution in [3.05, 3.63) is 28.0 Å². The van der Waals surface area contributed by atoms with Crippen molar-refractivity contribution < 1.29 is 23.7 Å². The molecule has 1 aliphatic heterocycles. The van der Waals surface area contributed by atoms with Gasteiger partial charge < -0.3 is 19.4 Å². The van der Waals surface area contributed by atoms with Crippen LogP contribution < -0.4 is 5.32 Å². The van der Waals surface area contributed by atoms with E-state index in [-0.39, 0.29) is 30.7 Å². The SMILES string of the molecule is CCOCCCNC(=O)C1CN(C(=O)c2ccc([N+](=O)[O-])o2)C1. The Hall–Kier alpha value is -2.42. The molecule has 2 heterocycles. The Bertz CT molecular complexity index is 579. The second kappa shape index (κ2) is 7.73. The molecule has 2 amide bonds. The molecule has 0 bridgehead atoms. The van der Waals surface area contributed by atoms with Gasteiger partial charge in [0.05, 0.1) is 12.0 Å². The first kappa shape index (κ1) is 16.9. The summed E-state index contributed by atoms with van der Waals surface area (Å²) in [7, 11) is 0. The van der Waals surface area contributed by atoms with E-state index in [4.69, 9.17) is 9.15 Å². The largest absolute Gasteiger partial charge is 0.433 e. The lowest BCUT2D eigenvalue weighted by Crippen LogP contribution is -2.55. The van der Waals surface area contributed by atoms with Crippen LogP contribution in [0.1, 0.15) is 23.9 Å². The van der Waals surface area contributed by atoms with Gasteiger partial charge in [-0.15, -0.1) is 0 Å². The minimum absolute atomic E-state index is 0.0905. The van der Waals surface area contributed by atoms with Gasteiger partial charge in [-0.3, -0.25) is 19.7 Å². The topological polar surface area (TPSA) is 115 Å². The van der Waals surface area contributed by atoms with Crippen molar-refractivity contribution >= 4 is 17.7 Å². The molecule has 0 spiro atoms. The van der Waals surface area contributed by atoms with Crippen LogP contribution in [0.4, 0.5) is 5.88 Å². The van der Waals surface area contributed by atoms with E-state index in [9.17, 15) is 19.7 Å².